The molecule has 0 saturated carbocycles. The maximum Gasteiger partial charge on any atom is 0.0802 e. The van der Waals surface area contributed by atoms with Crippen molar-refractivity contribution in [1.29, 1.82) is 0 Å². The average Bonchev–Trinajstić information content (AvgIpc) is 3.17. The van der Waals surface area contributed by atoms with Crippen LogP contribution in [0.25, 0.3) is 5.69 Å². The first-order chi connectivity index (χ1) is 9.88. The normalized spacial score (nSPS) is 20.1. The fourth-order valence-corrected chi connectivity index (χ4v) is 2.78. The summed E-state index contributed by atoms with van der Waals surface area (Å²) in [4.78, 5) is 0. The van der Waals surface area contributed by atoms with E-state index in [1.807, 2.05) is 29.1 Å². The van der Waals surface area contributed by atoms with E-state index in [1.165, 1.54) is 0 Å². The molecule has 1 aromatic carbocycles. The minimum Gasteiger partial charge on any atom is -0.381 e. The second kappa shape index (κ2) is 6.20. The molecule has 1 N–H and O–H groups in total. The van der Waals surface area contributed by atoms with Crippen molar-refractivity contribution in [2.45, 2.75) is 19.4 Å². The fraction of sp³-hybridized carbons (Fsp3) is 0.438. The van der Waals surface area contributed by atoms with E-state index in [1.54, 1.807) is 0 Å². The van der Waals surface area contributed by atoms with Gasteiger partial charge in [0.05, 0.1) is 24.0 Å². The number of nitrogens with one attached hydrogen (secondary N) is 1. The number of aromatic nitrogens is 2. The predicted molar refractivity (Wildman–Crippen MR) is 78.9 cm³/mol. The highest BCUT2D eigenvalue weighted by molar-refractivity contribution is 5.30. The quantitative estimate of drug-likeness (QED) is 0.908. The Kier molecular flexibility index (Phi) is 4.14. The molecule has 2 aromatic rings. The molecular weight excluding hydrogens is 250 g/mol. The Bertz CT molecular complexity index is 532. The molecule has 1 fully saturated rings. The topological polar surface area (TPSA) is 39.1 Å². The largest absolute Gasteiger partial charge is 0.381 e. The van der Waals surface area contributed by atoms with Gasteiger partial charge in [0.2, 0.25) is 0 Å². The van der Waals surface area contributed by atoms with Crippen LogP contribution in [0.2, 0.25) is 0 Å². The molecule has 3 rings (SSSR count). The van der Waals surface area contributed by atoms with Crippen LogP contribution in [0.5, 0.6) is 0 Å². The second-order valence-corrected chi connectivity index (χ2v) is 5.18. The zero-order valence-corrected chi connectivity index (χ0v) is 11.8. The molecule has 1 aliphatic rings. The number of hydrogen-bond acceptors (Lipinski definition) is 3. The van der Waals surface area contributed by atoms with Crippen LogP contribution in [0, 0.1) is 5.92 Å². The van der Waals surface area contributed by atoms with Crippen molar-refractivity contribution < 1.29 is 4.74 Å². The maximum atomic E-state index is 5.52. The number of nitrogens with zero attached hydrogens (tertiary/aromatic N) is 2. The van der Waals surface area contributed by atoms with E-state index in [9.17, 15) is 0 Å². The molecule has 0 amide bonds. The highest BCUT2D eigenvalue weighted by Gasteiger charge is 2.28. The van der Waals surface area contributed by atoms with E-state index < -0.39 is 0 Å². The summed E-state index contributed by atoms with van der Waals surface area (Å²) in [6, 6.07) is 12.6. The van der Waals surface area contributed by atoms with Gasteiger partial charge in [-0.3, -0.25) is 0 Å². The van der Waals surface area contributed by atoms with Crippen LogP contribution in [0.15, 0.2) is 42.6 Å². The van der Waals surface area contributed by atoms with E-state index in [-0.39, 0.29) is 6.04 Å². The van der Waals surface area contributed by atoms with Gasteiger partial charge in [0, 0.05) is 18.7 Å². The molecule has 0 radical (unpaired) electrons. The number of ether oxygens (including phenoxy) is 1. The lowest BCUT2D eigenvalue weighted by molar-refractivity contribution is 0.176. The van der Waals surface area contributed by atoms with Crippen LogP contribution in [0.4, 0.5) is 0 Å². The Labute approximate surface area is 119 Å². The number of hydrogen-bond donors (Lipinski definition) is 1. The SMILES string of the molecule is CCNC(c1ccn(-c2ccccc2)n1)C1CCOC1. The van der Waals surface area contributed by atoms with Gasteiger partial charge in [-0.25, -0.2) is 4.68 Å². The molecular formula is C16H21N3O. The smallest absolute Gasteiger partial charge is 0.0802 e. The predicted octanol–water partition coefficient (Wildman–Crippen LogP) is 2.56. The van der Waals surface area contributed by atoms with E-state index >= 15 is 0 Å². The summed E-state index contributed by atoms with van der Waals surface area (Å²) in [5.41, 5.74) is 2.20. The van der Waals surface area contributed by atoms with Gasteiger partial charge in [0.25, 0.3) is 0 Å². The van der Waals surface area contributed by atoms with Gasteiger partial charge < -0.3 is 10.1 Å². The molecule has 0 spiro atoms. The molecule has 2 unspecified atom stereocenters. The zero-order valence-electron chi connectivity index (χ0n) is 11.8. The summed E-state index contributed by atoms with van der Waals surface area (Å²) in [6.45, 7) is 4.78. The van der Waals surface area contributed by atoms with Gasteiger partial charge in [-0.05, 0) is 31.2 Å². The molecule has 4 nitrogen and oxygen atoms in total. The highest BCUT2D eigenvalue weighted by Crippen LogP contribution is 2.28. The molecule has 1 saturated heterocycles. The van der Waals surface area contributed by atoms with Crippen molar-refractivity contribution >= 4 is 0 Å². The van der Waals surface area contributed by atoms with Crippen molar-refractivity contribution in [3.63, 3.8) is 0 Å². The third-order valence-electron chi connectivity index (χ3n) is 3.81. The lowest BCUT2D eigenvalue weighted by Gasteiger charge is -2.21. The number of rotatable bonds is 5. The van der Waals surface area contributed by atoms with Crippen molar-refractivity contribution in [1.82, 2.24) is 15.1 Å². The minimum absolute atomic E-state index is 0.285. The van der Waals surface area contributed by atoms with Gasteiger partial charge in [0.15, 0.2) is 0 Å². The number of para-hydroxylation sites is 1. The Balaban J connectivity index is 1.83. The molecule has 106 valence electrons. The second-order valence-electron chi connectivity index (χ2n) is 5.18. The summed E-state index contributed by atoms with van der Waals surface area (Å²) in [7, 11) is 0. The van der Waals surface area contributed by atoms with Gasteiger partial charge in [0.1, 0.15) is 0 Å². The van der Waals surface area contributed by atoms with Gasteiger partial charge in [-0.1, -0.05) is 25.1 Å². The van der Waals surface area contributed by atoms with Crippen molar-refractivity contribution in [2.24, 2.45) is 5.92 Å². The Morgan fingerprint density at radius 1 is 1.35 bits per heavy atom. The summed E-state index contributed by atoms with van der Waals surface area (Å²) >= 11 is 0. The van der Waals surface area contributed by atoms with Gasteiger partial charge >= 0.3 is 0 Å². The lowest BCUT2D eigenvalue weighted by Crippen LogP contribution is -2.29. The van der Waals surface area contributed by atoms with Crippen LogP contribution in [-0.2, 0) is 4.74 Å². The maximum absolute atomic E-state index is 5.52. The highest BCUT2D eigenvalue weighted by atomic mass is 16.5. The molecule has 1 aromatic heterocycles. The first-order valence-corrected chi connectivity index (χ1v) is 7.30. The number of benzene rings is 1. The van der Waals surface area contributed by atoms with Crippen LogP contribution in [-0.4, -0.2) is 29.5 Å². The summed E-state index contributed by atoms with van der Waals surface area (Å²) in [5, 5.41) is 8.29. The van der Waals surface area contributed by atoms with Crippen LogP contribution in [0.3, 0.4) is 0 Å². The molecule has 4 heteroatoms. The first-order valence-electron chi connectivity index (χ1n) is 7.30. The average molecular weight is 271 g/mol. The summed E-state index contributed by atoms with van der Waals surface area (Å²) in [5.74, 6) is 0.522. The monoisotopic (exact) mass is 271 g/mol. The lowest BCUT2D eigenvalue weighted by atomic mass is 9.96. The van der Waals surface area contributed by atoms with Crippen molar-refractivity contribution in [3.05, 3.63) is 48.3 Å². The third kappa shape index (κ3) is 2.76. The van der Waals surface area contributed by atoms with Gasteiger partial charge in [-0.2, -0.15) is 5.10 Å². The Morgan fingerprint density at radius 3 is 2.90 bits per heavy atom. The molecule has 1 aliphatic heterocycles. The van der Waals surface area contributed by atoms with Crippen LogP contribution < -0.4 is 5.32 Å². The Hall–Kier alpha value is -1.65. The standard InChI is InChI=1S/C16H21N3O/c1-2-17-16(13-9-11-20-12-13)15-8-10-19(18-15)14-6-4-3-5-7-14/h3-8,10,13,16-17H,2,9,11-12H2,1H3. The fourth-order valence-electron chi connectivity index (χ4n) is 2.78. The molecule has 0 bridgehead atoms. The van der Waals surface area contributed by atoms with Crippen LogP contribution >= 0.6 is 0 Å². The summed E-state index contributed by atoms with van der Waals surface area (Å²) in [6.07, 6.45) is 3.14. The van der Waals surface area contributed by atoms with E-state index in [4.69, 9.17) is 9.84 Å². The van der Waals surface area contributed by atoms with Crippen molar-refractivity contribution in [2.75, 3.05) is 19.8 Å². The van der Waals surface area contributed by atoms with Crippen LogP contribution in [0.1, 0.15) is 25.1 Å². The van der Waals surface area contributed by atoms with E-state index in [2.05, 4.69) is 30.4 Å². The van der Waals surface area contributed by atoms with Gasteiger partial charge in [-0.15, -0.1) is 0 Å². The molecule has 0 aliphatic carbocycles. The molecule has 20 heavy (non-hydrogen) atoms. The molecule has 2 atom stereocenters. The third-order valence-corrected chi connectivity index (χ3v) is 3.81. The zero-order chi connectivity index (χ0) is 13.8. The van der Waals surface area contributed by atoms with E-state index in [0.717, 1.165) is 37.6 Å². The summed E-state index contributed by atoms with van der Waals surface area (Å²) < 4.78 is 7.46. The minimum atomic E-state index is 0.285. The Morgan fingerprint density at radius 2 is 2.20 bits per heavy atom. The molecule has 2 heterocycles. The van der Waals surface area contributed by atoms with Crippen molar-refractivity contribution in [3.8, 4) is 5.69 Å². The first kappa shape index (κ1) is 13.3. The van der Waals surface area contributed by atoms with E-state index in [0.29, 0.717) is 5.92 Å².